The smallest absolute Gasteiger partial charge is 0.134 e. The Morgan fingerprint density at radius 1 is 1.18 bits per heavy atom. The van der Waals surface area contributed by atoms with Gasteiger partial charge in [0.15, 0.2) is 0 Å². The number of aromatic nitrogens is 2. The van der Waals surface area contributed by atoms with Crippen molar-refractivity contribution in [3.8, 4) is 0 Å². The van der Waals surface area contributed by atoms with Gasteiger partial charge in [-0.15, -0.1) is 0 Å². The van der Waals surface area contributed by atoms with Crippen LogP contribution in [0.25, 0.3) is 0 Å². The van der Waals surface area contributed by atoms with E-state index in [-0.39, 0.29) is 0 Å². The molecule has 94 valence electrons. The van der Waals surface area contributed by atoms with Crippen LogP contribution in [0.1, 0.15) is 13.8 Å². The number of rotatable bonds is 3. The summed E-state index contributed by atoms with van der Waals surface area (Å²) in [7, 11) is 1.88. The minimum Gasteiger partial charge on any atom is -0.373 e. The number of anilines is 2. The first kappa shape index (κ1) is 12.1. The van der Waals surface area contributed by atoms with Crippen molar-refractivity contribution in [2.45, 2.75) is 19.9 Å². The molecule has 0 spiro atoms. The summed E-state index contributed by atoms with van der Waals surface area (Å²) < 4.78 is 0. The Bertz CT molecular complexity index is 358. The highest BCUT2D eigenvalue weighted by Crippen LogP contribution is 2.16. The van der Waals surface area contributed by atoms with E-state index in [0.29, 0.717) is 6.04 Å². The molecule has 0 unspecified atom stereocenters. The van der Waals surface area contributed by atoms with E-state index in [1.807, 2.05) is 13.1 Å². The van der Waals surface area contributed by atoms with E-state index in [2.05, 4.69) is 38.9 Å². The van der Waals surface area contributed by atoms with Crippen LogP contribution < -0.4 is 10.2 Å². The molecule has 0 radical (unpaired) electrons. The fourth-order valence-corrected chi connectivity index (χ4v) is 2.12. The lowest BCUT2D eigenvalue weighted by Crippen LogP contribution is -2.49. The van der Waals surface area contributed by atoms with Crippen molar-refractivity contribution in [2.75, 3.05) is 43.4 Å². The first-order valence-corrected chi connectivity index (χ1v) is 6.19. The highest BCUT2D eigenvalue weighted by molar-refractivity contribution is 5.48. The van der Waals surface area contributed by atoms with Gasteiger partial charge in [0.2, 0.25) is 0 Å². The summed E-state index contributed by atoms with van der Waals surface area (Å²) in [5.74, 6) is 1.90. The van der Waals surface area contributed by atoms with Crippen molar-refractivity contribution in [3.63, 3.8) is 0 Å². The zero-order chi connectivity index (χ0) is 12.3. The minimum absolute atomic E-state index is 0.635. The van der Waals surface area contributed by atoms with E-state index in [4.69, 9.17) is 0 Å². The summed E-state index contributed by atoms with van der Waals surface area (Å²) in [5, 5.41) is 3.05. The van der Waals surface area contributed by atoms with Gasteiger partial charge in [0.1, 0.15) is 18.0 Å². The van der Waals surface area contributed by atoms with Crippen LogP contribution in [0.4, 0.5) is 11.6 Å². The van der Waals surface area contributed by atoms with Gasteiger partial charge in [0, 0.05) is 45.3 Å². The Balaban J connectivity index is 2.00. The van der Waals surface area contributed by atoms with Gasteiger partial charge in [0.25, 0.3) is 0 Å². The Kier molecular flexibility index (Phi) is 3.78. The number of nitrogens with zero attached hydrogens (tertiary/aromatic N) is 4. The lowest BCUT2D eigenvalue weighted by molar-refractivity contribution is 0.209. The van der Waals surface area contributed by atoms with Gasteiger partial charge < -0.3 is 10.2 Å². The number of hydrogen-bond donors (Lipinski definition) is 1. The Morgan fingerprint density at radius 2 is 1.88 bits per heavy atom. The maximum atomic E-state index is 4.34. The summed E-state index contributed by atoms with van der Waals surface area (Å²) in [5.41, 5.74) is 0. The van der Waals surface area contributed by atoms with Crippen LogP contribution in [0.2, 0.25) is 0 Å². The van der Waals surface area contributed by atoms with E-state index < -0.39 is 0 Å². The summed E-state index contributed by atoms with van der Waals surface area (Å²) in [6.07, 6.45) is 1.62. The molecule has 1 aliphatic rings. The van der Waals surface area contributed by atoms with E-state index in [1.54, 1.807) is 6.33 Å². The van der Waals surface area contributed by atoms with Gasteiger partial charge in [0.05, 0.1) is 0 Å². The van der Waals surface area contributed by atoms with E-state index >= 15 is 0 Å². The summed E-state index contributed by atoms with van der Waals surface area (Å²) in [6, 6.07) is 2.64. The van der Waals surface area contributed by atoms with Crippen molar-refractivity contribution < 1.29 is 0 Å². The third-order valence-corrected chi connectivity index (χ3v) is 3.28. The zero-order valence-corrected chi connectivity index (χ0v) is 10.8. The Labute approximate surface area is 103 Å². The average molecular weight is 235 g/mol. The summed E-state index contributed by atoms with van der Waals surface area (Å²) in [6.45, 7) is 8.79. The van der Waals surface area contributed by atoms with Gasteiger partial charge in [-0.05, 0) is 13.8 Å². The fourth-order valence-electron chi connectivity index (χ4n) is 2.12. The molecule has 0 bridgehead atoms. The molecule has 2 rings (SSSR count). The largest absolute Gasteiger partial charge is 0.373 e. The lowest BCUT2D eigenvalue weighted by Gasteiger charge is -2.37. The van der Waals surface area contributed by atoms with Crippen molar-refractivity contribution in [2.24, 2.45) is 0 Å². The average Bonchev–Trinajstić information content (AvgIpc) is 2.39. The lowest BCUT2D eigenvalue weighted by atomic mass is 10.2. The summed E-state index contributed by atoms with van der Waals surface area (Å²) in [4.78, 5) is 13.3. The fraction of sp³-hybridized carbons (Fsp3) is 0.667. The van der Waals surface area contributed by atoms with Crippen LogP contribution in [0.3, 0.4) is 0 Å². The standard InChI is InChI=1S/C12H21N5/c1-10(2)16-4-6-17(7-5-16)12-8-11(13-3)14-9-15-12/h8-10H,4-7H2,1-3H3,(H,13,14,15). The number of nitrogens with one attached hydrogen (secondary N) is 1. The second kappa shape index (κ2) is 5.31. The van der Waals surface area contributed by atoms with Gasteiger partial charge in [-0.3, -0.25) is 4.90 Å². The molecule has 0 atom stereocenters. The zero-order valence-electron chi connectivity index (χ0n) is 10.8. The molecule has 0 amide bonds. The van der Waals surface area contributed by atoms with E-state index in [0.717, 1.165) is 37.8 Å². The molecule has 0 saturated carbocycles. The summed E-state index contributed by atoms with van der Waals surface area (Å²) >= 11 is 0. The van der Waals surface area contributed by atoms with Crippen LogP contribution in [0.5, 0.6) is 0 Å². The molecule has 0 aromatic carbocycles. The SMILES string of the molecule is CNc1cc(N2CCN(C(C)C)CC2)ncn1. The molecule has 1 fully saturated rings. The molecule has 1 aromatic rings. The normalized spacial score (nSPS) is 17.5. The highest BCUT2D eigenvalue weighted by Gasteiger charge is 2.19. The van der Waals surface area contributed by atoms with Gasteiger partial charge in [-0.1, -0.05) is 0 Å². The van der Waals surface area contributed by atoms with Crippen molar-refractivity contribution in [1.82, 2.24) is 14.9 Å². The Morgan fingerprint density at radius 3 is 2.47 bits per heavy atom. The number of piperazine rings is 1. The van der Waals surface area contributed by atoms with Crippen LogP contribution in [0.15, 0.2) is 12.4 Å². The molecule has 1 saturated heterocycles. The first-order chi connectivity index (χ1) is 8.20. The van der Waals surface area contributed by atoms with Crippen LogP contribution in [-0.4, -0.2) is 54.1 Å². The van der Waals surface area contributed by atoms with E-state index in [1.165, 1.54) is 0 Å². The third-order valence-electron chi connectivity index (χ3n) is 3.28. The third kappa shape index (κ3) is 2.85. The highest BCUT2D eigenvalue weighted by atomic mass is 15.3. The molecule has 5 heteroatoms. The maximum absolute atomic E-state index is 4.34. The molecule has 1 aliphatic heterocycles. The van der Waals surface area contributed by atoms with Crippen LogP contribution in [-0.2, 0) is 0 Å². The Hall–Kier alpha value is -1.36. The topological polar surface area (TPSA) is 44.3 Å². The van der Waals surface area contributed by atoms with Crippen molar-refractivity contribution >= 4 is 11.6 Å². The molecule has 1 N–H and O–H groups in total. The molecule has 0 aliphatic carbocycles. The maximum Gasteiger partial charge on any atom is 0.134 e. The first-order valence-electron chi connectivity index (χ1n) is 6.19. The van der Waals surface area contributed by atoms with E-state index in [9.17, 15) is 0 Å². The van der Waals surface area contributed by atoms with Gasteiger partial charge in [-0.25, -0.2) is 9.97 Å². The molecular formula is C12H21N5. The predicted octanol–water partition coefficient (Wildman–Crippen LogP) is 1.05. The number of hydrogen-bond acceptors (Lipinski definition) is 5. The second-order valence-corrected chi connectivity index (χ2v) is 4.63. The monoisotopic (exact) mass is 235 g/mol. The molecule has 5 nitrogen and oxygen atoms in total. The quantitative estimate of drug-likeness (QED) is 0.848. The van der Waals surface area contributed by atoms with Crippen molar-refractivity contribution in [1.29, 1.82) is 0 Å². The van der Waals surface area contributed by atoms with Gasteiger partial charge >= 0.3 is 0 Å². The van der Waals surface area contributed by atoms with Crippen LogP contribution in [0, 0.1) is 0 Å². The molecule has 17 heavy (non-hydrogen) atoms. The van der Waals surface area contributed by atoms with Crippen molar-refractivity contribution in [3.05, 3.63) is 12.4 Å². The predicted molar refractivity (Wildman–Crippen MR) is 70.5 cm³/mol. The molecule has 2 heterocycles. The minimum atomic E-state index is 0.635. The molecular weight excluding hydrogens is 214 g/mol. The molecule has 1 aromatic heterocycles. The van der Waals surface area contributed by atoms with Gasteiger partial charge in [-0.2, -0.15) is 0 Å². The second-order valence-electron chi connectivity index (χ2n) is 4.63. The van der Waals surface area contributed by atoms with Crippen LogP contribution >= 0.6 is 0 Å².